The summed E-state index contributed by atoms with van der Waals surface area (Å²) in [6, 6.07) is 5.97. The SMILES string of the molecule is Cc1cccc(C)c1NC(=O)CSc1n[nH]c(C2CC2)n1. The average molecular weight is 302 g/mol. The predicted octanol–water partition coefficient (Wildman–Crippen LogP) is 3.03. The minimum Gasteiger partial charge on any atom is -0.325 e. The predicted molar refractivity (Wildman–Crippen MR) is 83.6 cm³/mol. The normalized spacial score (nSPS) is 14.2. The Balaban J connectivity index is 1.56. The van der Waals surface area contributed by atoms with Crippen LogP contribution in [0.25, 0.3) is 0 Å². The molecule has 6 heteroatoms. The van der Waals surface area contributed by atoms with Gasteiger partial charge in [0.2, 0.25) is 11.1 Å². The summed E-state index contributed by atoms with van der Waals surface area (Å²) in [5, 5.41) is 10.7. The second kappa shape index (κ2) is 5.89. The number of carbonyl (C=O) groups excluding carboxylic acids is 1. The molecule has 1 aliphatic rings. The molecule has 1 amide bonds. The van der Waals surface area contributed by atoms with Gasteiger partial charge < -0.3 is 5.32 Å². The van der Waals surface area contributed by atoms with Gasteiger partial charge in [0, 0.05) is 11.6 Å². The molecule has 1 saturated carbocycles. The average Bonchev–Trinajstić information content (AvgIpc) is 3.20. The van der Waals surface area contributed by atoms with Crippen LogP contribution in [-0.2, 0) is 4.79 Å². The molecular formula is C15H18N4OS. The van der Waals surface area contributed by atoms with E-state index < -0.39 is 0 Å². The molecule has 1 aromatic heterocycles. The molecule has 2 aromatic rings. The van der Waals surface area contributed by atoms with Crippen LogP contribution in [-0.4, -0.2) is 26.8 Å². The first-order valence-electron chi connectivity index (χ1n) is 7.04. The number of para-hydroxylation sites is 1. The van der Waals surface area contributed by atoms with E-state index in [1.807, 2.05) is 32.0 Å². The van der Waals surface area contributed by atoms with E-state index in [1.54, 1.807) is 0 Å². The van der Waals surface area contributed by atoms with Crippen molar-refractivity contribution in [3.05, 3.63) is 35.2 Å². The number of hydrogen-bond acceptors (Lipinski definition) is 4. The molecule has 0 aliphatic heterocycles. The van der Waals surface area contributed by atoms with E-state index in [1.165, 1.54) is 24.6 Å². The highest BCUT2D eigenvalue weighted by Crippen LogP contribution is 2.38. The molecule has 0 radical (unpaired) electrons. The molecule has 3 rings (SSSR count). The molecule has 21 heavy (non-hydrogen) atoms. The van der Waals surface area contributed by atoms with Crippen LogP contribution in [0.2, 0.25) is 0 Å². The zero-order valence-corrected chi connectivity index (χ0v) is 13.0. The van der Waals surface area contributed by atoms with Crippen molar-refractivity contribution < 1.29 is 4.79 Å². The maximum Gasteiger partial charge on any atom is 0.234 e. The first-order valence-corrected chi connectivity index (χ1v) is 8.03. The zero-order chi connectivity index (χ0) is 14.8. The number of anilines is 1. The summed E-state index contributed by atoms with van der Waals surface area (Å²) in [6.07, 6.45) is 2.37. The fourth-order valence-electron chi connectivity index (χ4n) is 2.18. The third-order valence-electron chi connectivity index (χ3n) is 3.52. The number of aryl methyl sites for hydroxylation is 2. The lowest BCUT2D eigenvalue weighted by molar-refractivity contribution is -0.113. The second-order valence-corrected chi connectivity index (χ2v) is 6.32. The molecule has 1 fully saturated rings. The summed E-state index contributed by atoms with van der Waals surface area (Å²) in [5.74, 6) is 1.79. The van der Waals surface area contributed by atoms with Crippen LogP contribution in [0.4, 0.5) is 5.69 Å². The van der Waals surface area contributed by atoms with E-state index in [4.69, 9.17) is 0 Å². The van der Waals surface area contributed by atoms with Gasteiger partial charge in [-0.15, -0.1) is 5.10 Å². The van der Waals surface area contributed by atoms with Gasteiger partial charge in [-0.2, -0.15) is 0 Å². The number of H-pyrrole nitrogens is 1. The van der Waals surface area contributed by atoms with Crippen molar-refractivity contribution >= 4 is 23.4 Å². The van der Waals surface area contributed by atoms with Crippen molar-refractivity contribution in [2.75, 3.05) is 11.1 Å². The van der Waals surface area contributed by atoms with Gasteiger partial charge in [-0.05, 0) is 37.8 Å². The number of amides is 1. The summed E-state index contributed by atoms with van der Waals surface area (Å²) in [6.45, 7) is 3.99. The van der Waals surface area contributed by atoms with Gasteiger partial charge in [-0.1, -0.05) is 30.0 Å². The number of aromatic amines is 1. The Morgan fingerprint density at radius 1 is 1.38 bits per heavy atom. The third kappa shape index (κ3) is 3.44. The molecule has 110 valence electrons. The number of thioether (sulfide) groups is 1. The van der Waals surface area contributed by atoms with E-state index >= 15 is 0 Å². The van der Waals surface area contributed by atoms with Crippen LogP contribution in [0.15, 0.2) is 23.4 Å². The fourth-order valence-corrected chi connectivity index (χ4v) is 2.78. The number of nitrogens with zero attached hydrogens (tertiary/aromatic N) is 2. The quantitative estimate of drug-likeness (QED) is 0.833. The van der Waals surface area contributed by atoms with Crippen molar-refractivity contribution in [2.45, 2.75) is 37.8 Å². The highest BCUT2D eigenvalue weighted by Gasteiger charge is 2.27. The first kappa shape index (κ1) is 14.1. The highest BCUT2D eigenvalue weighted by atomic mass is 32.2. The van der Waals surface area contributed by atoms with Crippen molar-refractivity contribution in [3.63, 3.8) is 0 Å². The van der Waals surface area contributed by atoms with Gasteiger partial charge in [0.15, 0.2) is 0 Å². The third-order valence-corrected chi connectivity index (χ3v) is 4.37. The summed E-state index contributed by atoms with van der Waals surface area (Å²) >= 11 is 1.36. The van der Waals surface area contributed by atoms with Gasteiger partial charge in [0.25, 0.3) is 0 Å². The van der Waals surface area contributed by atoms with E-state index in [2.05, 4.69) is 20.5 Å². The fraction of sp³-hybridized carbons (Fsp3) is 0.400. The lowest BCUT2D eigenvalue weighted by atomic mass is 10.1. The lowest BCUT2D eigenvalue weighted by Gasteiger charge is -2.10. The van der Waals surface area contributed by atoms with Crippen molar-refractivity contribution in [2.24, 2.45) is 0 Å². The lowest BCUT2D eigenvalue weighted by Crippen LogP contribution is -2.15. The van der Waals surface area contributed by atoms with Crippen LogP contribution in [0.3, 0.4) is 0 Å². The highest BCUT2D eigenvalue weighted by molar-refractivity contribution is 7.99. The molecule has 1 aliphatic carbocycles. The summed E-state index contributed by atoms with van der Waals surface area (Å²) in [5.41, 5.74) is 3.04. The van der Waals surface area contributed by atoms with Crippen LogP contribution >= 0.6 is 11.8 Å². The molecule has 0 spiro atoms. The number of carbonyl (C=O) groups is 1. The van der Waals surface area contributed by atoms with Gasteiger partial charge in [0.05, 0.1) is 5.75 Å². The van der Waals surface area contributed by atoms with E-state index in [-0.39, 0.29) is 5.91 Å². The Morgan fingerprint density at radius 2 is 2.10 bits per heavy atom. The van der Waals surface area contributed by atoms with Crippen molar-refractivity contribution in [3.8, 4) is 0 Å². The largest absolute Gasteiger partial charge is 0.325 e. The zero-order valence-electron chi connectivity index (χ0n) is 12.1. The van der Waals surface area contributed by atoms with Gasteiger partial charge in [0.1, 0.15) is 5.82 Å². The Hall–Kier alpha value is -1.82. The molecule has 0 saturated heterocycles. The standard InChI is InChI=1S/C15H18N4OS/c1-9-4-3-5-10(2)13(9)16-12(20)8-21-15-17-14(18-19-15)11-6-7-11/h3-5,11H,6-8H2,1-2H3,(H,16,20)(H,17,18,19). The maximum atomic E-state index is 12.0. The van der Waals surface area contributed by atoms with Gasteiger partial charge in [-0.25, -0.2) is 4.98 Å². The van der Waals surface area contributed by atoms with Gasteiger partial charge in [-0.3, -0.25) is 9.89 Å². The second-order valence-electron chi connectivity index (χ2n) is 5.38. The molecular weight excluding hydrogens is 284 g/mol. The number of benzene rings is 1. The molecule has 0 unspecified atom stereocenters. The summed E-state index contributed by atoms with van der Waals surface area (Å²) in [4.78, 5) is 16.4. The Morgan fingerprint density at radius 3 is 2.76 bits per heavy atom. The molecule has 2 N–H and O–H groups in total. The smallest absolute Gasteiger partial charge is 0.234 e. The van der Waals surface area contributed by atoms with Crippen molar-refractivity contribution in [1.29, 1.82) is 0 Å². The number of nitrogens with one attached hydrogen (secondary N) is 2. The van der Waals surface area contributed by atoms with Crippen LogP contribution in [0.5, 0.6) is 0 Å². The monoisotopic (exact) mass is 302 g/mol. The van der Waals surface area contributed by atoms with Crippen LogP contribution < -0.4 is 5.32 Å². The summed E-state index contributed by atoms with van der Waals surface area (Å²) in [7, 11) is 0. The first-order chi connectivity index (χ1) is 10.1. The van der Waals surface area contributed by atoms with Crippen LogP contribution in [0.1, 0.15) is 35.7 Å². The molecule has 1 heterocycles. The van der Waals surface area contributed by atoms with E-state index in [0.29, 0.717) is 16.8 Å². The number of rotatable bonds is 5. The Labute approximate surface area is 127 Å². The minimum absolute atomic E-state index is 0.0322. The maximum absolute atomic E-state index is 12.0. The molecule has 0 atom stereocenters. The molecule has 1 aromatic carbocycles. The van der Waals surface area contributed by atoms with E-state index in [9.17, 15) is 4.79 Å². The van der Waals surface area contributed by atoms with Crippen LogP contribution in [0, 0.1) is 13.8 Å². The van der Waals surface area contributed by atoms with Gasteiger partial charge >= 0.3 is 0 Å². The topological polar surface area (TPSA) is 70.7 Å². The van der Waals surface area contributed by atoms with E-state index in [0.717, 1.165) is 22.6 Å². The summed E-state index contributed by atoms with van der Waals surface area (Å²) < 4.78 is 0. The number of aromatic nitrogens is 3. The minimum atomic E-state index is -0.0322. The Kier molecular flexibility index (Phi) is 3.96. The van der Waals surface area contributed by atoms with Crippen molar-refractivity contribution in [1.82, 2.24) is 15.2 Å². The number of hydrogen-bond donors (Lipinski definition) is 2. The molecule has 0 bridgehead atoms. The molecule has 5 nitrogen and oxygen atoms in total. The Bertz CT molecular complexity index is 643.